The van der Waals surface area contributed by atoms with Gasteiger partial charge in [-0.05, 0) is 6.42 Å². The van der Waals surface area contributed by atoms with Crippen molar-refractivity contribution in [1.29, 1.82) is 5.41 Å². The van der Waals surface area contributed by atoms with Crippen molar-refractivity contribution in [2.24, 2.45) is 7.05 Å². The largest absolute Gasteiger partial charge is 0.355 e. The third kappa shape index (κ3) is 1.54. The monoisotopic (exact) mass is 179 g/mol. The van der Waals surface area contributed by atoms with E-state index in [0.29, 0.717) is 0 Å². The Morgan fingerprint density at radius 2 is 2.46 bits per heavy atom. The van der Waals surface area contributed by atoms with Crippen molar-refractivity contribution < 1.29 is 0 Å². The highest BCUT2D eigenvalue weighted by Gasteiger charge is 2.17. The zero-order chi connectivity index (χ0) is 9.26. The Labute approximate surface area is 76.9 Å². The maximum Gasteiger partial charge on any atom is 0.0961 e. The molecule has 1 N–H and O–H groups in total. The van der Waals surface area contributed by atoms with Gasteiger partial charge in [0, 0.05) is 20.0 Å². The van der Waals surface area contributed by atoms with E-state index in [1.54, 1.807) is 10.9 Å². The molecule has 70 valence electrons. The quantitative estimate of drug-likeness (QED) is 0.714. The van der Waals surface area contributed by atoms with E-state index in [-0.39, 0.29) is 0 Å². The second-order valence-electron chi connectivity index (χ2n) is 3.32. The average Bonchev–Trinajstić information content (AvgIpc) is 2.65. The van der Waals surface area contributed by atoms with Gasteiger partial charge in [0.15, 0.2) is 0 Å². The van der Waals surface area contributed by atoms with Gasteiger partial charge in [0.25, 0.3) is 0 Å². The Bertz CT molecular complexity index is 316. The van der Waals surface area contributed by atoms with Gasteiger partial charge in [-0.1, -0.05) is 5.21 Å². The molecule has 0 aromatic carbocycles. The minimum Gasteiger partial charge on any atom is -0.355 e. The molecule has 5 heteroatoms. The van der Waals surface area contributed by atoms with Crippen LogP contribution >= 0.6 is 0 Å². The van der Waals surface area contributed by atoms with Crippen molar-refractivity contribution in [3.63, 3.8) is 0 Å². The molecule has 0 saturated carbocycles. The summed E-state index contributed by atoms with van der Waals surface area (Å²) in [5.74, 6) is 0.737. The number of likely N-dealkylation sites (tertiary alicyclic amines) is 1. The van der Waals surface area contributed by atoms with Crippen LogP contribution in [0, 0.1) is 5.41 Å². The van der Waals surface area contributed by atoms with Crippen molar-refractivity contribution >= 4 is 5.84 Å². The molecule has 0 amide bonds. The standard InChI is InChI=1S/C8H13N5/c1-12-7(5-10-11-12)6-13-4-2-3-8(13)9/h5,9H,2-4,6H2,1H3. The maximum atomic E-state index is 7.65. The van der Waals surface area contributed by atoms with Gasteiger partial charge in [-0.15, -0.1) is 5.10 Å². The molecule has 5 nitrogen and oxygen atoms in total. The van der Waals surface area contributed by atoms with Crippen molar-refractivity contribution in [2.75, 3.05) is 6.54 Å². The van der Waals surface area contributed by atoms with Gasteiger partial charge in [-0.3, -0.25) is 10.1 Å². The van der Waals surface area contributed by atoms with E-state index in [1.165, 1.54) is 0 Å². The number of aromatic nitrogens is 3. The Kier molecular flexibility index (Phi) is 2.00. The topological polar surface area (TPSA) is 57.8 Å². The lowest BCUT2D eigenvalue weighted by Gasteiger charge is -2.16. The molecule has 0 aliphatic carbocycles. The molecule has 0 unspecified atom stereocenters. The fourth-order valence-corrected chi connectivity index (χ4v) is 1.55. The molecule has 0 spiro atoms. The predicted octanol–water partition coefficient (Wildman–Crippen LogP) is 0.388. The molecule has 0 bridgehead atoms. The Hall–Kier alpha value is -1.39. The molecule has 1 saturated heterocycles. The average molecular weight is 179 g/mol. The molecule has 1 fully saturated rings. The maximum absolute atomic E-state index is 7.65. The molecular weight excluding hydrogens is 166 g/mol. The summed E-state index contributed by atoms with van der Waals surface area (Å²) in [6.45, 7) is 1.76. The van der Waals surface area contributed by atoms with E-state index in [9.17, 15) is 0 Å². The Morgan fingerprint density at radius 3 is 3.00 bits per heavy atom. The van der Waals surface area contributed by atoms with Gasteiger partial charge >= 0.3 is 0 Å². The summed E-state index contributed by atoms with van der Waals surface area (Å²) in [6, 6.07) is 0. The SMILES string of the molecule is Cn1nncc1CN1CCCC1=N. The third-order valence-electron chi connectivity index (χ3n) is 2.38. The van der Waals surface area contributed by atoms with Crippen LogP contribution in [0.15, 0.2) is 6.20 Å². The van der Waals surface area contributed by atoms with Crippen LogP contribution in [0.5, 0.6) is 0 Å². The van der Waals surface area contributed by atoms with E-state index in [0.717, 1.165) is 37.5 Å². The molecular formula is C8H13N5. The summed E-state index contributed by atoms with van der Waals surface area (Å²) in [5.41, 5.74) is 1.06. The highest BCUT2D eigenvalue weighted by Crippen LogP contribution is 2.12. The summed E-state index contributed by atoms with van der Waals surface area (Å²) in [6.07, 6.45) is 3.76. The number of amidine groups is 1. The molecule has 1 aliphatic rings. The lowest BCUT2D eigenvalue weighted by atomic mass is 10.4. The lowest BCUT2D eigenvalue weighted by Crippen LogP contribution is -2.24. The molecule has 2 heterocycles. The number of hydrogen-bond donors (Lipinski definition) is 1. The summed E-state index contributed by atoms with van der Waals surface area (Å²) in [7, 11) is 1.88. The number of nitrogens with one attached hydrogen (secondary N) is 1. The van der Waals surface area contributed by atoms with Crippen molar-refractivity contribution in [1.82, 2.24) is 19.9 Å². The number of hydrogen-bond acceptors (Lipinski definition) is 3. The van der Waals surface area contributed by atoms with Gasteiger partial charge in [-0.25, -0.2) is 0 Å². The van der Waals surface area contributed by atoms with Crippen molar-refractivity contribution in [2.45, 2.75) is 19.4 Å². The molecule has 1 aromatic rings. The fraction of sp³-hybridized carbons (Fsp3) is 0.625. The fourth-order valence-electron chi connectivity index (χ4n) is 1.55. The van der Waals surface area contributed by atoms with E-state index in [1.807, 2.05) is 7.05 Å². The third-order valence-corrected chi connectivity index (χ3v) is 2.38. The second kappa shape index (κ2) is 3.16. The van der Waals surface area contributed by atoms with E-state index in [2.05, 4.69) is 15.2 Å². The van der Waals surface area contributed by atoms with Crippen LogP contribution in [0.1, 0.15) is 18.5 Å². The Morgan fingerprint density at radius 1 is 1.62 bits per heavy atom. The summed E-state index contributed by atoms with van der Waals surface area (Å²) in [5, 5.41) is 15.3. The summed E-state index contributed by atoms with van der Waals surface area (Å²) in [4.78, 5) is 2.07. The number of nitrogens with zero attached hydrogens (tertiary/aromatic N) is 4. The van der Waals surface area contributed by atoms with Gasteiger partial charge < -0.3 is 4.90 Å². The van der Waals surface area contributed by atoms with Crippen LogP contribution in [-0.2, 0) is 13.6 Å². The lowest BCUT2D eigenvalue weighted by molar-refractivity contribution is 0.428. The summed E-state index contributed by atoms with van der Waals surface area (Å²) >= 11 is 0. The van der Waals surface area contributed by atoms with Gasteiger partial charge in [-0.2, -0.15) is 0 Å². The molecule has 0 atom stereocenters. The van der Waals surface area contributed by atoms with Crippen LogP contribution < -0.4 is 0 Å². The molecule has 2 rings (SSSR count). The van der Waals surface area contributed by atoms with Crippen LogP contribution in [0.25, 0.3) is 0 Å². The first-order chi connectivity index (χ1) is 6.27. The highest BCUT2D eigenvalue weighted by atomic mass is 15.4. The van der Waals surface area contributed by atoms with Crippen LogP contribution in [0.4, 0.5) is 0 Å². The van der Waals surface area contributed by atoms with E-state index in [4.69, 9.17) is 5.41 Å². The van der Waals surface area contributed by atoms with Gasteiger partial charge in [0.1, 0.15) is 0 Å². The van der Waals surface area contributed by atoms with E-state index >= 15 is 0 Å². The van der Waals surface area contributed by atoms with E-state index < -0.39 is 0 Å². The zero-order valence-corrected chi connectivity index (χ0v) is 7.69. The van der Waals surface area contributed by atoms with Crippen LogP contribution in [0.3, 0.4) is 0 Å². The van der Waals surface area contributed by atoms with Gasteiger partial charge in [0.05, 0.1) is 24.3 Å². The molecule has 1 aliphatic heterocycles. The van der Waals surface area contributed by atoms with Crippen LogP contribution in [0.2, 0.25) is 0 Å². The molecule has 13 heavy (non-hydrogen) atoms. The highest BCUT2D eigenvalue weighted by molar-refractivity contribution is 5.80. The van der Waals surface area contributed by atoms with Crippen molar-refractivity contribution in [3.05, 3.63) is 11.9 Å². The van der Waals surface area contributed by atoms with Crippen LogP contribution in [-0.4, -0.2) is 32.3 Å². The van der Waals surface area contributed by atoms with Gasteiger partial charge in [0.2, 0.25) is 0 Å². The second-order valence-corrected chi connectivity index (χ2v) is 3.32. The predicted molar refractivity (Wildman–Crippen MR) is 48.4 cm³/mol. The first-order valence-corrected chi connectivity index (χ1v) is 4.43. The first-order valence-electron chi connectivity index (χ1n) is 4.43. The number of aryl methyl sites for hydroxylation is 1. The first kappa shape index (κ1) is 8.22. The smallest absolute Gasteiger partial charge is 0.0961 e. The molecule has 0 radical (unpaired) electrons. The zero-order valence-electron chi connectivity index (χ0n) is 7.69. The normalized spacial score (nSPS) is 17.0. The van der Waals surface area contributed by atoms with Crippen molar-refractivity contribution in [3.8, 4) is 0 Å². The number of rotatable bonds is 2. The molecule has 1 aromatic heterocycles. The minimum absolute atomic E-state index is 0.737. The minimum atomic E-state index is 0.737. The Balaban J connectivity index is 2.06. The summed E-state index contributed by atoms with van der Waals surface area (Å²) < 4.78 is 1.76.